The Labute approximate surface area is 122 Å². The molecule has 0 spiro atoms. The van der Waals surface area contributed by atoms with Crippen molar-refractivity contribution in [3.05, 3.63) is 12.2 Å². The van der Waals surface area contributed by atoms with Gasteiger partial charge in [0, 0.05) is 13.7 Å². The lowest BCUT2D eigenvalue weighted by molar-refractivity contribution is -0.156. The first-order valence-electron chi connectivity index (χ1n) is 7.33. The molecular formula is C15H19NO5. The third-order valence-corrected chi connectivity index (χ3v) is 4.93. The van der Waals surface area contributed by atoms with E-state index in [4.69, 9.17) is 4.74 Å². The highest BCUT2D eigenvalue weighted by atomic mass is 16.5. The normalized spacial score (nSPS) is 34.6. The number of carbonyl (C=O) groups excluding carboxylic acids is 2. The molecule has 5 unspecified atom stereocenters. The van der Waals surface area contributed by atoms with Crippen molar-refractivity contribution in [2.24, 2.45) is 23.7 Å². The highest BCUT2D eigenvalue weighted by Gasteiger charge is 2.61. The molecule has 0 aromatic heterocycles. The number of aliphatic carboxylic acids is 1. The monoisotopic (exact) mass is 293 g/mol. The first kappa shape index (κ1) is 14.3. The van der Waals surface area contributed by atoms with Gasteiger partial charge in [0.1, 0.15) is 6.04 Å². The SMILES string of the molecule is COCCCC(C(=O)O)N1C(=O)C2C3C=CC(C3)C2C1=O. The number of fused-ring (bicyclic) bond motifs is 5. The Kier molecular flexibility index (Phi) is 3.57. The number of hydrogen-bond donors (Lipinski definition) is 1. The number of imide groups is 1. The van der Waals surface area contributed by atoms with Gasteiger partial charge in [0.2, 0.25) is 11.8 Å². The van der Waals surface area contributed by atoms with Crippen molar-refractivity contribution in [1.82, 2.24) is 4.90 Å². The third kappa shape index (κ3) is 2.09. The molecule has 5 atom stereocenters. The summed E-state index contributed by atoms with van der Waals surface area (Å²) in [6.07, 6.45) is 5.60. The lowest BCUT2D eigenvalue weighted by atomic mass is 9.85. The molecule has 3 aliphatic rings. The molecule has 114 valence electrons. The summed E-state index contributed by atoms with van der Waals surface area (Å²) >= 11 is 0. The predicted octanol–water partition coefficient (Wildman–Crippen LogP) is 0.673. The Balaban J connectivity index is 1.80. The van der Waals surface area contributed by atoms with Gasteiger partial charge in [-0.2, -0.15) is 0 Å². The number of methoxy groups -OCH3 is 1. The second-order valence-electron chi connectivity index (χ2n) is 6.04. The zero-order valence-electron chi connectivity index (χ0n) is 11.9. The minimum Gasteiger partial charge on any atom is -0.480 e. The van der Waals surface area contributed by atoms with Crippen molar-refractivity contribution in [2.45, 2.75) is 25.3 Å². The van der Waals surface area contributed by atoms with Crippen LogP contribution in [0.4, 0.5) is 0 Å². The number of nitrogens with zero attached hydrogens (tertiary/aromatic N) is 1. The van der Waals surface area contributed by atoms with Gasteiger partial charge in [-0.25, -0.2) is 4.79 Å². The third-order valence-electron chi connectivity index (χ3n) is 4.93. The van der Waals surface area contributed by atoms with E-state index in [2.05, 4.69) is 0 Å². The molecule has 6 heteroatoms. The summed E-state index contributed by atoms with van der Waals surface area (Å²) in [5, 5.41) is 9.38. The Morgan fingerprint density at radius 3 is 2.38 bits per heavy atom. The summed E-state index contributed by atoms with van der Waals surface area (Å²) < 4.78 is 4.92. The Hall–Kier alpha value is -1.69. The van der Waals surface area contributed by atoms with Crippen LogP contribution in [0.2, 0.25) is 0 Å². The molecule has 1 heterocycles. The summed E-state index contributed by atoms with van der Waals surface area (Å²) in [6, 6.07) is -1.06. The van der Waals surface area contributed by atoms with Crippen molar-refractivity contribution in [2.75, 3.05) is 13.7 Å². The number of amides is 2. The van der Waals surface area contributed by atoms with E-state index in [1.165, 1.54) is 7.11 Å². The molecule has 2 aliphatic carbocycles. The van der Waals surface area contributed by atoms with Gasteiger partial charge in [0.05, 0.1) is 11.8 Å². The molecule has 1 aliphatic heterocycles. The van der Waals surface area contributed by atoms with Gasteiger partial charge in [-0.05, 0) is 31.1 Å². The van der Waals surface area contributed by atoms with E-state index >= 15 is 0 Å². The second kappa shape index (κ2) is 5.26. The summed E-state index contributed by atoms with van der Waals surface area (Å²) in [5.41, 5.74) is 0. The lowest BCUT2D eigenvalue weighted by Gasteiger charge is -2.24. The molecular weight excluding hydrogens is 274 g/mol. The topological polar surface area (TPSA) is 83.9 Å². The molecule has 0 radical (unpaired) electrons. The van der Waals surface area contributed by atoms with Crippen molar-refractivity contribution < 1.29 is 24.2 Å². The fraction of sp³-hybridized carbons (Fsp3) is 0.667. The minimum atomic E-state index is -1.12. The van der Waals surface area contributed by atoms with Crippen molar-refractivity contribution in [1.29, 1.82) is 0 Å². The predicted molar refractivity (Wildman–Crippen MR) is 72.1 cm³/mol. The maximum Gasteiger partial charge on any atom is 0.326 e. The van der Waals surface area contributed by atoms with Gasteiger partial charge < -0.3 is 9.84 Å². The van der Waals surface area contributed by atoms with Crippen molar-refractivity contribution in [3.63, 3.8) is 0 Å². The van der Waals surface area contributed by atoms with Crippen LogP contribution in [0.5, 0.6) is 0 Å². The van der Waals surface area contributed by atoms with Crippen LogP contribution < -0.4 is 0 Å². The van der Waals surface area contributed by atoms with Crippen LogP contribution in [-0.2, 0) is 19.1 Å². The fourth-order valence-electron chi connectivity index (χ4n) is 4.02. The summed E-state index contributed by atoms with van der Waals surface area (Å²) in [6.45, 7) is 0.416. The van der Waals surface area contributed by atoms with Crippen LogP contribution in [-0.4, -0.2) is 47.5 Å². The number of carbonyl (C=O) groups is 3. The zero-order valence-corrected chi connectivity index (χ0v) is 11.9. The Morgan fingerprint density at radius 2 is 1.90 bits per heavy atom. The maximum atomic E-state index is 12.5. The average molecular weight is 293 g/mol. The van der Waals surface area contributed by atoms with E-state index in [0.29, 0.717) is 13.0 Å². The molecule has 21 heavy (non-hydrogen) atoms. The van der Waals surface area contributed by atoms with Crippen LogP contribution in [0.3, 0.4) is 0 Å². The van der Waals surface area contributed by atoms with E-state index in [0.717, 1.165) is 11.3 Å². The molecule has 1 saturated heterocycles. The summed E-state index contributed by atoms with van der Waals surface area (Å²) in [4.78, 5) is 37.6. The second-order valence-corrected chi connectivity index (χ2v) is 6.04. The molecule has 0 aromatic rings. The van der Waals surface area contributed by atoms with E-state index < -0.39 is 12.0 Å². The largest absolute Gasteiger partial charge is 0.480 e. The molecule has 2 fully saturated rings. The number of allylic oxidation sites excluding steroid dienone is 2. The molecule has 2 bridgehead atoms. The first-order chi connectivity index (χ1) is 10.1. The average Bonchev–Trinajstić information content (AvgIpc) is 3.11. The van der Waals surface area contributed by atoms with Crippen LogP contribution in [0.25, 0.3) is 0 Å². The van der Waals surface area contributed by atoms with Crippen LogP contribution in [0, 0.1) is 23.7 Å². The Morgan fingerprint density at radius 1 is 1.33 bits per heavy atom. The smallest absolute Gasteiger partial charge is 0.326 e. The number of hydrogen-bond acceptors (Lipinski definition) is 4. The molecule has 6 nitrogen and oxygen atoms in total. The van der Waals surface area contributed by atoms with Crippen LogP contribution >= 0.6 is 0 Å². The molecule has 1 N–H and O–H groups in total. The lowest BCUT2D eigenvalue weighted by Crippen LogP contribution is -2.46. The van der Waals surface area contributed by atoms with E-state index in [1.807, 2.05) is 12.2 Å². The first-order valence-corrected chi connectivity index (χ1v) is 7.33. The van der Waals surface area contributed by atoms with Crippen LogP contribution in [0.15, 0.2) is 12.2 Å². The van der Waals surface area contributed by atoms with E-state index in [9.17, 15) is 19.5 Å². The van der Waals surface area contributed by atoms with Gasteiger partial charge in [-0.1, -0.05) is 12.2 Å². The van der Waals surface area contributed by atoms with Gasteiger partial charge in [-0.3, -0.25) is 14.5 Å². The molecule has 3 rings (SSSR count). The van der Waals surface area contributed by atoms with Crippen LogP contribution in [0.1, 0.15) is 19.3 Å². The number of carboxylic acid groups (broad SMARTS) is 1. The number of rotatable bonds is 6. The molecule has 1 saturated carbocycles. The fourth-order valence-corrected chi connectivity index (χ4v) is 4.02. The highest BCUT2D eigenvalue weighted by molar-refractivity contribution is 6.08. The Bertz CT molecular complexity index is 484. The van der Waals surface area contributed by atoms with Gasteiger partial charge in [-0.15, -0.1) is 0 Å². The van der Waals surface area contributed by atoms with E-state index in [1.54, 1.807) is 0 Å². The highest BCUT2D eigenvalue weighted by Crippen LogP contribution is 2.52. The number of likely N-dealkylation sites (tertiary alicyclic amines) is 1. The zero-order chi connectivity index (χ0) is 15.1. The molecule has 2 amide bonds. The quantitative estimate of drug-likeness (QED) is 0.442. The van der Waals surface area contributed by atoms with Gasteiger partial charge in [0.25, 0.3) is 0 Å². The van der Waals surface area contributed by atoms with Gasteiger partial charge >= 0.3 is 5.97 Å². The van der Waals surface area contributed by atoms with Crippen molar-refractivity contribution >= 4 is 17.8 Å². The number of ether oxygens (including phenoxy) is 1. The minimum absolute atomic E-state index is 0.106. The molecule has 0 aromatic carbocycles. The van der Waals surface area contributed by atoms with E-state index in [-0.39, 0.29) is 41.9 Å². The number of carboxylic acids is 1. The standard InChI is InChI=1S/C15H19NO5/c1-21-6-2-3-10(15(19)20)16-13(17)11-8-4-5-9(7-8)12(11)14(16)18/h4-5,8-12H,2-3,6-7H2,1H3,(H,19,20). The maximum absolute atomic E-state index is 12.5. The van der Waals surface area contributed by atoms with Crippen molar-refractivity contribution in [3.8, 4) is 0 Å². The summed E-state index contributed by atoms with van der Waals surface area (Å²) in [7, 11) is 1.54. The summed E-state index contributed by atoms with van der Waals surface area (Å²) in [5.74, 6) is -2.18. The van der Waals surface area contributed by atoms with Gasteiger partial charge in [0.15, 0.2) is 0 Å².